The number of nitrogens with zero attached hydrogens (tertiary/aromatic N) is 4. The molecule has 1 aliphatic heterocycles. The quantitative estimate of drug-likeness (QED) is 0.645. The van der Waals surface area contributed by atoms with Crippen LogP contribution >= 0.6 is 11.3 Å². The highest BCUT2D eigenvalue weighted by atomic mass is 32.1. The largest absolute Gasteiger partial charge is 0.383 e. The average Bonchev–Trinajstić information content (AvgIpc) is 3.18. The van der Waals surface area contributed by atoms with E-state index in [0.29, 0.717) is 19.7 Å². The molecule has 2 aromatic rings. The molecular weight excluding hydrogens is 396 g/mol. The molecule has 1 aliphatic carbocycles. The van der Waals surface area contributed by atoms with Crippen molar-refractivity contribution in [1.82, 2.24) is 19.7 Å². The van der Waals surface area contributed by atoms with Gasteiger partial charge in [-0.15, -0.1) is 11.3 Å². The van der Waals surface area contributed by atoms with Crippen LogP contribution in [0.25, 0.3) is 10.2 Å². The zero-order chi connectivity index (χ0) is 20.8. The summed E-state index contributed by atoms with van der Waals surface area (Å²) in [5.41, 5.74) is 2.28. The number of amides is 1. The molecule has 0 saturated carbocycles. The molecule has 0 radical (unpaired) electrons. The maximum Gasteiger partial charge on any atom is 0.240 e. The predicted molar refractivity (Wildman–Crippen MR) is 121 cm³/mol. The van der Waals surface area contributed by atoms with Crippen LogP contribution in [0.5, 0.6) is 0 Å². The zero-order valence-corrected chi connectivity index (χ0v) is 18.7. The Balaban J connectivity index is 1.28. The van der Waals surface area contributed by atoms with Gasteiger partial charge in [0.2, 0.25) is 5.91 Å². The average molecular weight is 429 g/mol. The number of carbonyl (C=O) groups is 1. The molecule has 0 spiro atoms. The molecule has 0 atom stereocenters. The van der Waals surface area contributed by atoms with Crippen molar-refractivity contribution in [3.05, 3.63) is 41.0 Å². The number of allylic oxidation sites excluding steroid dienone is 2. The first-order valence-corrected chi connectivity index (χ1v) is 11.8. The first-order chi connectivity index (χ1) is 14.7. The second-order valence-electron chi connectivity index (χ2n) is 8.11. The van der Waals surface area contributed by atoms with Gasteiger partial charge in [0.05, 0.1) is 29.9 Å². The standard InChI is InChI=1S/C23H32N4O2S/c1-29-16-15-27(19-7-3-2-4-8-19)23(28)18-26-13-11-25(12-14-26)17-22-24-20-9-5-6-10-21(20)30-22/h5-7,9-10H,2-4,8,11-18H2,1H3. The maximum atomic E-state index is 13.1. The van der Waals surface area contributed by atoms with Crippen molar-refractivity contribution in [2.24, 2.45) is 0 Å². The van der Waals surface area contributed by atoms with E-state index in [1.807, 2.05) is 11.0 Å². The highest BCUT2D eigenvalue weighted by molar-refractivity contribution is 7.18. The lowest BCUT2D eigenvalue weighted by atomic mass is 10.0. The Hall–Kier alpha value is -1.80. The molecule has 162 valence electrons. The number of para-hydroxylation sites is 1. The summed E-state index contributed by atoms with van der Waals surface area (Å²) in [6.45, 7) is 6.43. The van der Waals surface area contributed by atoms with Crippen molar-refractivity contribution in [1.29, 1.82) is 0 Å². The Morgan fingerprint density at radius 2 is 1.97 bits per heavy atom. The number of fused-ring (bicyclic) bond motifs is 1. The van der Waals surface area contributed by atoms with Gasteiger partial charge in [0.1, 0.15) is 5.01 Å². The van der Waals surface area contributed by atoms with E-state index >= 15 is 0 Å². The Morgan fingerprint density at radius 3 is 2.70 bits per heavy atom. The molecule has 2 aliphatic rings. The van der Waals surface area contributed by atoms with Crippen molar-refractivity contribution < 1.29 is 9.53 Å². The van der Waals surface area contributed by atoms with E-state index in [0.717, 1.165) is 51.1 Å². The van der Waals surface area contributed by atoms with Crippen LogP contribution in [0.3, 0.4) is 0 Å². The molecule has 0 unspecified atom stereocenters. The fourth-order valence-electron chi connectivity index (χ4n) is 4.24. The van der Waals surface area contributed by atoms with Crippen LogP contribution < -0.4 is 0 Å². The minimum absolute atomic E-state index is 0.208. The second kappa shape index (κ2) is 10.5. The van der Waals surface area contributed by atoms with E-state index in [2.05, 4.69) is 34.1 Å². The van der Waals surface area contributed by atoms with Crippen LogP contribution in [0, 0.1) is 0 Å². The molecule has 30 heavy (non-hydrogen) atoms. The number of benzene rings is 1. The normalized spacial score (nSPS) is 18.5. The van der Waals surface area contributed by atoms with E-state index in [9.17, 15) is 4.79 Å². The first kappa shape index (κ1) is 21.4. The number of piperazine rings is 1. The monoisotopic (exact) mass is 428 g/mol. The van der Waals surface area contributed by atoms with E-state index in [1.54, 1.807) is 18.4 Å². The minimum atomic E-state index is 0.208. The lowest BCUT2D eigenvalue weighted by Gasteiger charge is -2.35. The summed E-state index contributed by atoms with van der Waals surface area (Å²) in [4.78, 5) is 24.5. The van der Waals surface area contributed by atoms with Crippen molar-refractivity contribution in [3.63, 3.8) is 0 Å². The number of thiazole rings is 1. The SMILES string of the molecule is COCCN(C(=O)CN1CCN(Cc2nc3ccccc3s2)CC1)C1=CCCCC1. The fourth-order valence-corrected chi connectivity index (χ4v) is 5.25. The van der Waals surface area contributed by atoms with Gasteiger partial charge >= 0.3 is 0 Å². The summed E-state index contributed by atoms with van der Waals surface area (Å²) in [5, 5.41) is 1.18. The topological polar surface area (TPSA) is 48.9 Å². The zero-order valence-electron chi connectivity index (χ0n) is 17.9. The Morgan fingerprint density at radius 1 is 1.17 bits per heavy atom. The highest BCUT2D eigenvalue weighted by Gasteiger charge is 2.24. The number of hydrogen-bond acceptors (Lipinski definition) is 6. The third-order valence-electron chi connectivity index (χ3n) is 5.95. The number of ether oxygens (including phenoxy) is 1. The lowest BCUT2D eigenvalue weighted by molar-refractivity contribution is -0.131. The van der Waals surface area contributed by atoms with Gasteiger partial charge in [0.25, 0.3) is 0 Å². The van der Waals surface area contributed by atoms with Crippen molar-refractivity contribution in [3.8, 4) is 0 Å². The first-order valence-electron chi connectivity index (χ1n) is 11.0. The Labute approximate surface area is 183 Å². The summed E-state index contributed by atoms with van der Waals surface area (Å²) >= 11 is 1.78. The van der Waals surface area contributed by atoms with Gasteiger partial charge in [-0.05, 0) is 37.8 Å². The molecule has 1 aromatic heterocycles. The van der Waals surface area contributed by atoms with Gasteiger partial charge in [0.15, 0.2) is 0 Å². The van der Waals surface area contributed by atoms with Crippen LogP contribution in [-0.4, -0.2) is 78.6 Å². The molecule has 6 nitrogen and oxygen atoms in total. The molecule has 1 saturated heterocycles. The number of carbonyl (C=O) groups excluding carboxylic acids is 1. The molecule has 7 heteroatoms. The van der Waals surface area contributed by atoms with E-state index < -0.39 is 0 Å². The Kier molecular flexibility index (Phi) is 7.49. The van der Waals surface area contributed by atoms with E-state index in [4.69, 9.17) is 9.72 Å². The fraction of sp³-hybridized carbons (Fsp3) is 0.565. The molecule has 0 bridgehead atoms. The second-order valence-corrected chi connectivity index (χ2v) is 9.22. The molecule has 0 N–H and O–H groups in total. The van der Waals surface area contributed by atoms with Gasteiger partial charge < -0.3 is 9.64 Å². The third-order valence-corrected chi connectivity index (χ3v) is 6.98. The van der Waals surface area contributed by atoms with Crippen LogP contribution in [-0.2, 0) is 16.1 Å². The molecular formula is C23H32N4O2S. The lowest BCUT2D eigenvalue weighted by Crippen LogP contribution is -2.50. The maximum absolute atomic E-state index is 13.1. The molecule has 1 aromatic carbocycles. The number of methoxy groups -OCH3 is 1. The molecule has 1 amide bonds. The van der Waals surface area contributed by atoms with E-state index in [1.165, 1.54) is 28.2 Å². The number of hydrogen-bond donors (Lipinski definition) is 0. The molecule has 4 rings (SSSR count). The summed E-state index contributed by atoms with van der Waals surface area (Å²) in [6, 6.07) is 8.33. The molecule has 1 fully saturated rings. The van der Waals surface area contributed by atoms with Crippen LogP contribution in [0.15, 0.2) is 36.0 Å². The predicted octanol–water partition coefficient (Wildman–Crippen LogP) is 3.35. The van der Waals surface area contributed by atoms with Gasteiger partial charge in [-0.2, -0.15) is 0 Å². The third kappa shape index (κ3) is 5.46. The number of aromatic nitrogens is 1. The Bertz CT molecular complexity index is 840. The van der Waals surface area contributed by atoms with Crippen LogP contribution in [0.4, 0.5) is 0 Å². The van der Waals surface area contributed by atoms with Crippen molar-refractivity contribution >= 4 is 27.5 Å². The summed E-state index contributed by atoms with van der Waals surface area (Å²) < 4.78 is 6.50. The smallest absolute Gasteiger partial charge is 0.240 e. The minimum Gasteiger partial charge on any atom is -0.383 e. The molecule has 2 heterocycles. The van der Waals surface area contributed by atoms with Crippen LogP contribution in [0.2, 0.25) is 0 Å². The summed E-state index contributed by atoms with van der Waals surface area (Å²) in [7, 11) is 1.70. The van der Waals surface area contributed by atoms with Crippen LogP contribution in [0.1, 0.15) is 30.7 Å². The van der Waals surface area contributed by atoms with Crippen molar-refractivity contribution in [2.75, 3.05) is 53.0 Å². The summed E-state index contributed by atoms with van der Waals surface area (Å²) in [6.07, 6.45) is 6.73. The summed E-state index contributed by atoms with van der Waals surface area (Å²) in [5.74, 6) is 0.208. The van der Waals surface area contributed by atoms with E-state index in [-0.39, 0.29) is 5.91 Å². The van der Waals surface area contributed by atoms with Crippen molar-refractivity contribution in [2.45, 2.75) is 32.2 Å². The van der Waals surface area contributed by atoms with Gasteiger partial charge in [0, 0.05) is 45.5 Å². The highest BCUT2D eigenvalue weighted by Crippen LogP contribution is 2.23. The van der Waals surface area contributed by atoms with Gasteiger partial charge in [-0.3, -0.25) is 14.6 Å². The number of rotatable bonds is 8. The van der Waals surface area contributed by atoms with Gasteiger partial charge in [-0.25, -0.2) is 4.98 Å². The van der Waals surface area contributed by atoms with Gasteiger partial charge in [-0.1, -0.05) is 18.2 Å².